The van der Waals surface area contributed by atoms with Crippen LogP contribution in [0.5, 0.6) is 0 Å². The summed E-state index contributed by atoms with van der Waals surface area (Å²) in [6.45, 7) is 1.45. The van der Waals surface area contributed by atoms with Gasteiger partial charge in [0.05, 0.1) is 6.10 Å². The summed E-state index contributed by atoms with van der Waals surface area (Å²) in [5.41, 5.74) is 0. The first kappa shape index (κ1) is 8.05. The lowest BCUT2D eigenvalue weighted by Gasteiger charge is -2.24. The Labute approximate surface area is 71.7 Å². The van der Waals surface area contributed by atoms with Crippen molar-refractivity contribution in [3.8, 4) is 0 Å². The second-order valence-corrected chi connectivity index (χ2v) is 3.94. The van der Waals surface area contributed by atoms with Gasteiger partial charge in [-0.05, 0) is 31.1 Å². The molecule has 12 heavy (non-hydrogen) atoms. The van der Waals surface area contributed by atoms with Crippen LogP contribution in [0, 0.1) is 11.8 Å². The van der Waals surface area contributed by atoms with E-state index in [2.05, 4.69) is 0 Å². The quantitative estimate of drug-likeness (QED) is 0.589. The maximum Gasteiger partial charge on any atom is 0.302 e. The van der Waals surface area contributed by atoms with Crippen LogP contribution in [0.25, 0.3) is 0 Å². The predicted molar refractivity (Wildman–Crippen MR) is 42.4 cm³/mol. The molecule has 0 unspecified atom stereocenters. The number of aliphatic hydroxyl groups is 1. The summed E-state index contributed by atoms with van der Waals surface area (Å²) in [6, 6.07) is 0. The van der Waals surface area contributed by atoms with E-state index in [1.165, 1.54) is 6.92 Å². The van der Waals surface area contributed by atoms with Gasteiger partial charge in [-0.1, -0.05) is 0 Å². The van der Waals surface area contributed by atoms with Crippen LogP contribution >= 0.6 is 0 Å². The van der Waals surface area contributed by atoms with Crippen LogP contribution < -0.4 is 0 Å². The van der Waals surface area contributed by atoms with E-state index in [0.29, 0.717) is 11.8 Å². The third kappa shape index (κ3) is 1.22. The average molecular weight is 170 g/mol. The summed E-state index contributed by atoms with van der Waals surface area (Å²) in [4.78, 5) is 10.7. The Bertz CT molecular complexity index is 200. The van der Waals surface area contributed by atoms with Gasteiger partial charge in [-0.25, -0.2) is 0 Å². The van der Waals surface area contributed by atoms with E-state index in [4.69, 9.17) is 4.74 Å². The first-order valence-corrected chi connectivity index (χ1v) is 4.52. The lowest BCUT2D eigenvalue weighted by atomic mass is 9.95. The molecule has 0 aromatic heterocycles. The van der Waals surface area contributed by atoms with E-state index in [0.717, 1.165) is 19.3 Å². The van der Waals surface area contributed by atoms with Crippen molar-refractivity contribution >= 4 is 5.97 Å². The standard InChI is InChI=1S/C9H14O3/c1-5(10)12-9-4-6-2-7(9)3-8(6)11/h6-9,11H,2-4H2,1H3/t6-,7-,8-,9-/m0/s1. The maximum absolute atomic E-state index is 10.7. The van der Waals surface area contributed by atoms with Gasteiger partial charge in [0.25, 0.3) is 0 Å². The molecule has 2 aliphatic rings. The zero-order valence-electron chi connectivity index (χ0n) is 7.19. The van der Waals surface area contributed by atoms with Crippen LogP contribution in [-0.2, 0) is 9.53 Å². The Balaban J connectivity index is 1.94. The molecule has 68 valence electrons. The first-order chi connectivity index (χ1) is 5.66. The molecule has 0 radical (unpaired) electrons. The Morgan fingerprint density at radius 1 is 1.33 bits per heavy atom. The summed E-state index contributed by atoms with van der Waals surface area (Å²) in [5, 5.41) is 9.43. The maximum atomic E-state index is 10.7. The summed E-state index contributed by atoms with van der Waals surface area (Å²) < 4.78 is 5.14. The monoisotopic (exact) mass is 170 g/mol. The smallest absolute Gasteiger partial charge is 0.302 e. The number of hydrogen-bond acceptors (Lipinski definition) is 3. The summed E-state index contributed by atoms with van der Waals surface area (Å²) in [7, 11) is 0. The Hall–Kier alpha value is -0.570. The predicted octanol–water partition coefficient (Wildman–Crippen LogP) is 0.709. The number of carbonyl (C=O) groups is 1. The Morgan fingerprint density at radius 3 is 2.50 bits per heavy atom. The SMILES string of the molecule is CC(=O)O[C@H]1C[C@@H]2C[C@H]1C[C@@H]2O. The molecule has 0 aromatic rings. The van der Waals surface area contributed by atoms with Crippen molar-refractivity contribution in [3.63, 3.8) is 0 Å². The third-order valence-electron chi connectivity index (χ3n) is 3.07. The van der Waals surface area contributed by atoms with Gasteiger partial charge in [-0.15, -0.1) is 0 Å². The Kier molecular flexibility index (Phi) is 1.83. The van der Waals surface area contributed by atoms with Gasteiger partial charge < -0.3 is 9.84 Å². The minimum absolute atomic E-state index is 0.0934. The van der Waals surface area contributed by atoms with Crippen molar-refractivity contribution in [2.75, 3.05) is 0 Å². The highest BCUT2D eigenvalue weighted by molar-refractivity contribution is 5.66. The fourth-order valence-corrected chi connectivity index (χ4v) is 2.55. The van der Waals surface area contributed by atoms with Gasteiger partial charge in [0.2, 0.25) is 0 Å². The lowest BCUT2D eigenvalue weighted by Crippen LogP contribution is -2.28. The summed E-state index contributed by atoms with van der Waals surface area (Å²) >= 11 is 0. The number of hydrogen-bond donors (Lipinski definition) is 1. The van der Waals surface area contributed by atoms with Crippen molar-refractivity contribution in [2.24, 2.45) is 11.8 Å². The second kappa shape index (κ2) is 2.73. The molecule has 0 heterocycles. The number of aliphatic hydroxyl groups excluding tert-OH is 1. The fraction of sp³-hybridized carbons (Fsp3) is 0.889. The zero-order chi connectivity index (χ0) is 8.72. The minimum Gasteiger partial charge on any atom is -0.462 e. The van der Waals surface area contributed by atoms with Gasteiger partial charge in [0, 0.05) is 6.92 Å². The van der Waals surface area contributed by atoms with Crippen LogP contribution in [0.3, 0.4) is 0 Å². The molecule has 2 fully saturated rings. The molecule has 2 aliphatic carbocycles. The van der Waals surface area contributed by atoms with Crippen molar-refractivity contribution in [2.45, 2.75) is 38.4 Å². The molecule has 0 saturated heterocycles. The molecular formula is C9H14O3. The van der Waals surface area contributed by atoms with Crippen LogP contribution in [0.2, 0.25) is 0 Å². The molecule has 0 aromatic carbocycles. The molecule has 4 atom stereocenters. The number of rotatable bonds is 1. The summed E-state index contributed by atoms with van der Waals surface area (Å²) in [5.74, 6) is 0.621. The number of fused-ring (bicyclic) bond motifs is 2. The number of carbonyl (C=O) groups excluding carboxylic acids is 1. The molecule has 0 amide bonds. The third-order valence-corrected chi connectivity index (χ3v) is 3.07. The lowest BCUT2D eigenvalue weighted by molar-refractivity contribution is -0.149. The fourth-order valence-electron chi connectivity index (χ4n) is 2.55. The van der Waals surface area contributed by atoms with E-state index < -0.39 is 0 Å². The molecule has 3 nitrogen and oxygen atoms in total. The van der Waals surface area contributed by atoms with Crippen molar-refractivity contribution in [3.05, 3.63) is 0 Å². The summed E-state index contributed by atoms with van der Waals surface area (Å²) in [6.07, 6.45) is 2.69. The molecule has 2 bridgehead atoms. The first-order valence-electron chi connectivity index (χ1n) is 4.52. The van der Waals surface area contributed by atoms with Crippen LogP contribution in [0.1, 0.15) is 26.2 Å². The van der Waals surface area contributed by atoms with Gasteiger partial charge in [-0.3, -0.25) is 4.79 Å². The molecule has 3 heteroatoms. The Morgan fingerprint density at radius 2 is 2.08 bits per heavy atom. The van der Waals surface area contributed by atoms with Crippen molar-refractivity contribution in [1.29, 1.82) is 0 Å². The highest BCUT2D eigenvalue weighted by atomic mass is 16.5. The number of ether oxygens (including phenoxy) is 1. The van der Waals surface area contributed by atoms with Gasteiger partial charge in [0.1, 0.15) is 6.10 Å². The van der Waals surface area contributed by atoms with Crippen molar-refractivity contribution in [1.82, 2.24) is 0 Å². The van der Waals surface area contributed by atoms with Gasteiger partial charge in [-0.2, -0.15) is 0 Å². The molecule has 1 N–H and O–H groups in total. The van der Waals surface area contributed by atoms with Crippen LogP contribution in [0.15, 0.2) is 0 Å². The van der Waals surface area contributed by atoms with Gasteiger partial charge >= 0.3 is 5.97 Å². The second-order valence-electron chi connectivity index (χ2n) is 3.94. The molecular weight excluding hydrogens is 156 g/mol. The largest absolute Gasteiger partial charge is 0.462 e. The van der Waals surface area contributed by atoms with Crippen molar-refractivity contribution < 1.29 is 14.6 Å². The van der Waals surface area contributed by atoms with E-state index >= 15 is 0 Å². The van der Waals surface area contributed by atoms with Gasteiger partial charge in [0.15, 0.2) is 0 Å². The van der Waals surface area contributed by atoms with E-state index in [1.807, 2.05) is 0 Å². The topological polar surface area (TPSA) is 46.5 Å². The number of esters is 1. The van der Waals surface area contributed by atoms with E-state index in [9.17, 15) is 9.90 Å². The van der Waals surface area contributed by atoms with E-state index in [1.54, 1.807) is 0 Å². The zero-order valence-corrected chi connectivity index (χ0v) is 7.19. The van der Waals surface area contributed by atoms with Crippen LogP contribution in [0.4, 0.5) is 0 Å². The highest BCUT2D eigenvalue weighted by Crippen LogP contribution is 2.45. The molecule has 2 saturated carbocycles. The average Bonchev–Trinajstić information content (AvgIpc) is 2.44. The normalized spacial score (nSPS) is 44.8. The van der Waals surface area contributed by atoms with E-state index in [-0.39, 0.29) is 18.2 Å². The molecule has 2 rings (SSSR count). The molecule has 0 aliphatic heterocycles. The highest BCUT2D eigenvalue weighted by Gasteiger charge is 2.46. The minimum atomic E-state index is -0.193. The van der Waals surface area contributed by atoms with Crippen LogP contribution in [-0.4, -0.2) is 23.3 Å². The molecule has 0 spiro atoms.